The van der Waals surface area contributed by atoms with Gasteiger partial charge in [-0.15, -0.1) is 0 Å². The van der Waals surface area contributed by atoms with E-state index in [4.69, 9.17) is 0 Å². The van der Waals surface area contributed by atoms with Crippen LogP contribution in [0, 0.1) is 35.6 Å². The van der Waals surface area contributed by atoms with E-state index in [0.717, 1.165) is 13.1 Å². The number of rotatable bonds is 1. The first-order valence-electron chi connectivity index (χ1n) is 21.1. The fourth-order valence-corrected chi connectivity index (χ4v) is 9.45. The van der Waals surface area contributed by atoms with Crippen LogP contribution in [0.15, 0.2) is 134 Å². The SMILES string of the molecule is C1=CCC/C=C\CC1.C1=CCC/C=C\CC1.CN1C=CN2Cc3cccc[n+]3C(C)(C)C12.Cc1cc(C)c(N2C=CN3Cc4cccc[n+]4C(C)(C)C32)c(C)c1.[CH3-].[CH3-]. The van der Waals surface area contributed by atoms with Crippen LogP contribution in [0.4, 0.5) is 5.69 Å². The lowest BCUT2D eigenvalue weighted by atomic mass is 9.93. The number of aryl methyl sites for hydroxylation is 3. The Bertz CT molecular complexity index is 1860. The van der Waals surface area contributed by atoms with Crippen LogP contribution in [0.25, 0.3) is 0 Å². The molecule has 0 N–H and O–H groups in total. The Labute approximate surface area is 353 Å². The quantitative estimate of drug-likeness (QED) is 0.139. The van der Waals surface area contributed by atoms with Crippen molar-refractivity contribution in [3.8, 4) is 0 Å². The van der Waals surface area contributed by atoms with Gasteiger partial charge in [-0.2, -0.15) is 9.13 Å². The Morgan fingerprint density at radius 2 is 0.897 bits per heavy atom. The highest BCUT2D eigenvalue weighted by Gasteiger charge is 2.52. The molecule has 1 aromatic carbocycles. The number of allylic oxidation sites excluding steroid dienone is 8. The summed E-state index contributed by atoms with van der Waals surface area (Å²) in [5, 5.41) is 0. The topological polar surface area (TPSA) is 20.7 Å². The fourth-order valence-electron chi connectivity index (χ4n) is 9.45. The molecule has 0 saturated heterocycles. The molecule has 6 heteroatoms. The van der Waals surface area contributed by atoms with Gasteiger partial charge in [0.15, 0.2) is 24.7 Å². The van der Waals surface area contributed by atoms with Gasteiger partial charge in [-0.05, 0) is 83.3 Å². The Balaban J connectivity index is 0.000000188. The zero-order chi connectivity index (χ0) is 39.7. The number of likely N-dealkylation sites (N-methyl/N-ethyl adjacent to an activating group) is 1. The summed E-state index contributed by atoms with van der Waals surface area (Å²) in [6, 6.07) is 17.5. The molecule has 0 bridgehead atoms. The van der Waals surface area contributed by atoms with E-state index in [2.05, 4.69) is 219 Å². The van der Waals surface area contributed by atoms with Gasteiger partial charge in [0.05, 0.1) is 0 Å². The molecular weight excluding hydrogens is 709 g/mol. The minimum Gasteiger partial charge on any atom is -0.358 e. The van der Waals surface area contributed by atoms with Gasteiger partial charge in [-0.3, -0.25) is 0 Å². The molecule has 9 rings (SSSR count). The summed E-state index contributed by atoms with van der Waals surface area (Å²) in [6.45, 7) is 17.9. The number of aromatic nitrogens is 2. The first-order chi connectivity index (χ1) is 27.0. The predicted molar refractivity (Wildman–Crippen MR) is 246 cm³/mol. The maximum Gasteiger partial charge on any atom is 0.201 e. The highest BCUT2D eigenvalue weighted by atomic mass is 15.4. The zero-order valence-electron chi connectivity index (χ0n) is 37.6. The van der Waals surface area contributed by atoms with Crippen molar-refractivity contribution in [3.05, 3.63) is 177 Å². The molecule has 2 unspecified atom stereocenters. The van der Waals surface area contributed by atoms with Crippen LogP contribution < -0.4 is 14.0 Å². The summed E-state index contributed by atoms with van der Waals surface area (Å²) in [6.07, 6.45) is 42.0. The van der Waals surface area contributed by atoms with Crippen LogP contribution in [-0.4, -0.2) is 34.1 Å². The van der Waals surface area contributed by atoms with Crippen molar-refractivity contribution in [2.24, 2.45) is 0 Å². The smallest absolute Gasteiger partial charge is 0.201 e. The molecule has 6 aliphatic rings. The number of benzene rings is 1. The molecule has 6 heterocycles. The van der Waals surface area contributed by atoms with Crippen LogP contribution in [0.2, 0.25) is 0 Å². The molecule has 58 heavy (non-hydrogen) atoms. The van der Waals surface area contributed by atoms with Crippen molar-refractivity contribution in [1.29, 1.82) is 0 Å². The third kappa shape index (κ3) is 10.4. The van der Waals surface area contributed by atoms with Gasteiger partial charge in [0.25, 0.3) is 0 Å². The van der Waals surface area contributed by atoms with Crippen molar-refractivity contribution in [2.45, 2.75) is 136 Å². The Morgan fingerprint density at radius 1 is 0.517 bits per heavy atom. The number of hydrogen-bond donors (Lipinski definition) is 0. The summed E-state index contributed by atoms with van der Waals surface area (Å²) in [7, 11) is 2.15. The highest BCUT2D eigenvalue weighted by Crippen LogP contribution is 2.39. The van der Waals surface area contributed by atoms with Crippen LogP contribution >= 0.6 is 0 Å². The lowest BCUT2D eigenvalue weighted by molar-refractivity contribution is -0.780. The standard InChI is InChI=1S/C21H26N3.C13H18N3.2C8H12.2CH3/c1-15-12-16(2)19(17(3)13-15)23-11-10-22-14-18-8-6-7-9-24(18)21(4,5)20(22)23;1-13(2)12-14(3)8-9-15(12)10-11-6-4-5-7-16(11)13;2*1-2-4-6-8-7-5-3-1;;/h6-13,20H,14H2,1-5H3;4-9,12H,10H2,1-3H3;2*1-2,7-8H,3-6H2;2*1H3/q2*+1;;;2*-1/b;;2*2-1-,8-7?;;. The third-order valence-corrected chi connectivity index (χ3v) is 11.8. The van der Waals surface area contributed by atoms with E-state index >= 15 is 0 Å². The summed E-state index contributed by atoms with van der Waals surface area (Å²) in [5.41, 5.74) is 8.17. The molecule has 0 radical (unpaired) electrons. The molecule has 0 amide bonds. The third-order valence-electron chi connectivity index (χ3n) is 11.8. The van der Waals surface area contributed by atoms with Crippen molar-refractivity contribution in [2.75, 3.05) is 11.9 Å². The van der Waals surface area contributed by atoms with Gasteiger partial charge in [-0.25, -0.2) is 0 Å². The lowest BCUT2D eigenvalue weighted by Crippen LogP contribution is -2.71. The van der Waals surface area contributed by atoms with Gasteiger partial charge in [0.2, 0.25) is 22.5 Å². The van der Waals surface area contributed by atoms with Crippen LogP contribution in [0.5, 0.6) is 0 Å². The highest BCUT2D eigenvalue weighted by molar-refractivity contribution is 5.63. The molecular formula is C52H74N6. The van der Waals surface area contributed by atoms with E-state index in [1.807, 2.05) is 0 Å². The molecule has 0 spiro atoms. The number of pyridine rings is 2. The maximum absolute atomic E-state index is 2.47. The van der Waals surface area contributed by atoms with Crippen molar-refractivity contribution < 1.29 is 9.13 Å². The number of fused-ring (bicyclic) bond motifs is 4. The first kappa shape index (κ1) is 45.9. The summed E-state index contributed by atoms with van der Waals surface area (Å²) < 4.78 is 4.84. The zero-order valence-corrected chi connectivity index (χ0v) is 37.6. The molecule has 2 atom stereocenters. The van der Waals surface area contributed by atoms with Gasteiger partial charge in [0.1, 0.15) is 13.1 Å². The van der Waals surface area contributed by atoms with E-state index in [1.54, 1.807) is 0 Å². The average molecular weight is 783 g/mol. The Hall–Kier alpha value is -4.84. The molecule has 2 aliphatic carbocycles. The fraction of sp³-hybridized carbons (Fsp3) is 0.423. The normalized spacial score (nSPS) is 22.3. The summed E-state index contributed by atoms with van der Waals surface area (Å²) in [4.78, 5) is 9.64. The van der Waals surface area contributed by atoms with Crippen molar-refractivity contribution in [3.63, 3.8) is 0 Å². The van der Waals surface area contributed by atoms with Gasteiger partial charge >= 0.3 is 0 Å². The maximum atomic E-state index is 2.47. The number of hydrogen-bond acceptors (Lipinski definition) is 4. The summed E-state index contributed by atoms with van der Waals surface area (Å²) in [5.74, 6) is 0. The van der Waals surface area contributed by atoms with Gasteiger partial charge < -0.3 is 34.5 Å². The van der Waals surface area contributed by atoms with E-state index in [9.17, 15) is 0 Å². The summed E-state index contributed by atoms with van der Waals surface area (Å²) >= 11 is 0. The number of nitrogens with zero attached hydrogens (tertiary/aromatic N) is 6. The second-order valence-electron chi connectivity index (χ2n) is 17.1. The van der Waals surface area contributed by atoms with Crippen molar-refractivity contribution in [1.82, 2.24) is 14.7 Å². The Morgan fingerprint density at radius 3 is 1.33 bits per heavy atom. The van der Waals surface area contributed by atoms with Gasteiger partial charge in [-0.1, -0.05) is 78.4 Å². The van der Waals surface area contributed by atoms with Gasteiger partial charge in [0, 0.05) is 89.5 Å². The molecule has 0 saturated carbocycles. The molecule has 0 fully saturated rings. The molecule has 2 aromatic heterocycles. The first-order valence-corrected chi connectivity index (χ1v) is 21.1. The molecule has 6 nitrogen and oxygen atoms in total. The van der Waals surface area contributed by atoms with Crippen LogP contribution in [0.3, 0.4) is 0 Å². The van der Waals surface area contributed by atoms with E-state index in [-0.39, 0.29) is 32.1 Å². The monoisotopic (exact) mass is 783 g/mol. The average Bonchev–Trinajstić information content (AvgIpc) is 3.72. The predicted octanol–water partition coefficient (Wildman–Crippen LogP) is 11.3. The van der Waals surface area contributed by atoms with Crippen molar-refractivity contribution >= 4 is 5.69 Å². The van der Waals surface area contributed by atoms with Crippen LogP contribution in [-0.2, 0) is 24.2 Å². The minimum atomic E-state index is -0.0257. The second-order valence-corrected chi connectivity index (χ2v) is 17.1. The molecule has 3 aromatic rings. The molecule has 4 aliphatic heterocycles. The second kappa shape index (κ2) is 20.7. The molecule has 312 valence electrons. The van der Waals surface area contributed by atoms with E-state index in [0.29, 0.717) is 6.17 Å². The number of anilines is 1. The minimum absolute atomic E-state index is 0. The van der Waals surface area contributed by atoms with E-state index < -0.39 is 0 Å². The Kier molecular flexibility index (Phi) is 16.4. The van der Waals surface area contributed by atoms with Crippen LogP contribution in [0.1, 0.15) is 107 Å². The van der Waals surface area contributed by atoms with E-state index in [1.165, 1.54) is 85.1 Å². The largest absolute Gasteiger partial charge is 0.358 e. The lowest BCUT2D eigenvalue weighted by Gasteiger charge is -2.43.